The third-order valence-corrected chi connectivity index (χ3v) is 3.01. The molecule has 0 saturated heterocycles. The number of ketones is 1. The van der Waals surface area contributed by atoms with Crippen molar-refractivity contribution >= 4 is 11.5 Å². The predicted octanol–water partition coefficient (Wildman–Crippen LogP) is 3.30. The zero-order chi connectivity index (χ0) is 15.2. The molecule has 0 spiro atoms. The average Bonchev–Trinajstić information content (AvgIpc) is 2.49. The van der Waals surface area contributed by atoms with Crippen molar-refractivity contribution < 1.29 is 14.3 Å². The number of anilines is 1. The molecule has 2 aromatic rings. The predicted molar refractivity (Wildman–Crippen MR) is 83.1 cm³/mol. The van der Waals surface area contributed by atoms with Crippen molar-refractivity contribution in [2.24, 2.45) is 0 Å². The van der Waals surface area contributed by atoms with E-state index in [1.54, 1.807) is 42.5 Å². The first-order valence-corrected chi connectivity index (χ1v) is 6.96. The molecule has 4 heteroatoms. The molecule has 0 fully saturated rings. The maximum Gasteiger partial charge on any atom is 0.195 e. The summed E-state index contributed by atoms with van der Waals surface area (Å²) < 4.78 is 11.0. The van der Waals surface area contributed by atoms with Gasteiger partial charge < -0.3 is 15.2 Å². The highest BCUT2D eigenvalue weighted by Gasteiger charge is 2.15. The fourth-order valence-electron chi connectivity index (χ4n) is 2.05. The summed E-state index contributed by atoms with van der Waals surface area (Å²) in [5.41, 5.74) is 7.34. The molecule has 0 heterocycles. The van der Waals surface area contributed by atoms with Crippen LogP contribution in [0.25, 0.3) is 0 Å². The standard InChI is InChI=1S/C17H19NO3/c1-3-20-15-10-9-12(11-16(15)21-4-2)17(19)13-7-5-6-8-14(13)18/h5-11H,3-4,18H2,1-2H3. The molecule has 0 aliphatic carbocycles. The number of nitrogen functional groups attached to an aromatic ring is 1. The van der Waals surface area contributed by atoms with E-state index in [1.807, 2.05) is 13.8 Å². The van der Waals surface area contributed by atoms with Crippen molar-refractivity contribution in [1.82, 2.24) is 0 Å². The lowest BCUT2D eigenvalue weighted by atomic mass is 10.0. The minimum absolute atomic E-state index is 0.128. The van der Waals surface area contributed by atoms with Gasteiger partial charge in [-0.3, -0.25) is 4.79 Å². The van der Waals surface area contributed by atoms with Crippen molar-refractivity contribution in [3.63, 3.8) is 0 Å². The number of nitrogens with two attached hydrogens (primary N) is 1. The van der Waals surface area contributed by atoms with Gasteiger partial charge in [-0.25, -0.2) is 0 Å². The fourth-order valence-corrected chi connectivity index (χ4v) is 2.05. The van der Waals surface area contributed by atoms with Crippen LogP contribution in [0.5, 0.6) is 11.5 Å². The van der Waals surface area contributed by atoms with Gasteiger partial charge in [0.1, 0.15) is 0 Å². The quantitative estimate of drug-likeness (QED) is 0.653. The third kappa shape index (κ3) is 3.34. The van der Waals surface area contributed by atoms with E-state index in [0.29, 0.717) is 41.5 Å². The van der Waals surface area contributed by atoms with Crippen LogP contribution in [0.2, 0.25) is 0 Å². The molecule has 0 saturated carbocycles. The maximum absolute atomic E-state index is 12.5. The van der Waals surface area contributed by atoms with Gasteiger partial charge in [-0.05, 0) is 44.2 Å². The molecule has 2 N–H and O–H groups in total. The maximum atomic E-state index is 12.5. The molecule has 0 bridgehead atoms. The van der Waals surface area contributed by atoms with Crippen LogP contribution in [0.1, 0.15) is 29.8 Å². The molecule has 2 rings (SSSR count). The number of carbonyl (C=O) groups excluding carboxylic acids is 1. The number of hydrogen-bond donors (Lipinski definition) is 1. The number of benzene rings is 2. The largest absolute Gasteiger partial charge is 0.490 e. The van der Waals surface area contributed by atoms with E-state index in [9.17, 15) is 4.79 Å². The average molecular weight is 285 g/mol. The second-order valence-corrected chi connectivity index (χ2v) is 4.44. The zero-order valence-corrected chi connectivity index (χ0v) is 12.3. The smallest absolute Gasteiger partial charge is 0.195 e. The molecule has 0 amide bonds. The van der Waals surface area contributed by atoms with Crippen LogP contribution in [-0.4, -0.2) is 19.0 Å². The number of carbonyl (C=O) groups is 1. The lowest BCUT2D eigenvalue weighted by molar-refractivity contribution is 0.103. The molecule has 0 aliphatic heterocycles. The molecule has 0 atom stereocenters. The Morgan fingerprint density at radius 1 is 1.00 bits per heavy atom. The van der Waals surface area contributed by atoms with Gasteiger partial charge >= 0.3 is 0 Å². The van der Waals surface area contributed by atoms with Crippen LogP contribution >= 0.6 is 0 Å². The van der Waals surface area contributed by atoms with Gasteiger partial charge in [-0.2, -0.15) is 0 Å². The molecule has 2 aromatic carbocycles. The topological polar surface area (TPSA) is 61.5 Å². The van der Waals surface area contributed by atoms with Gasteiger partial charge in [-0.1, -0.05) is 12.1 Å². The summed E-state index contributed by atoms with van der Waals surface area (Å²) in [5, 5.41) is 0. The van der Waals surface area contributed by atoms with Crippen LogP contribution in [0.3, 0.4) is 0 Å². The van der Waals surface area contributed by atoms with Crippen molar-refractivity contribution in [3.05, 3.63) is 53.6 Å². The van der Waals surface area contributed by atoms with Gasteiger partial charge in [-0.15, -0.1) is 0 Å². The molecular weight excluding hydrogens is 266 g/mol. The zero-order valence-electron chi connectivity index (χ0n) is 12.3. The van der Waals surface area contributed by atoms with E-state index in [4.69, 9.17) is 15.2 Å². The summed E-state index contributed by atoms with van der Waals surface area (Å²) in [6.45, 7) is 4.84. The van der Waals surface area contributed by atoms with Gasteiger partial charge in [0.05, 0.1) is 13.2 Å². The summed E-state index contributed by atoms with van der Waals surface area (Å²) in [7, 11) is 0. The normalized spacial score (nSPS) is 10.2. The van der Waals surface area contributed by atoms with Crippen LogP contribution in [-0.2, 0) is 0 Å². The summed E-state index contributed by atoms with van der Waals surface area (Å²) in [4.78, 5) is 12.5. The second kappa shape index (κ2) is 6.79. The van der Waals surface area contributed by atoms with E-state index >= 15 is 0 Å². The van der Waals surface area contributed by atoms with Crippen molar-refractivity contribution in [2.45, 2.75) is 13.8 Å². The summed E-state index contributed by atoms with van der Waals surface area (Å²) in [5.74, 6) is 1.08. The lowest BCUT2D eigenvalue weighted by Gasteiger charge is -2.12. The third-order valence-electron chi connectivity index (χ3n) is 3.01. The van der Waals surface area contributed by atoms with E-state index in [-0.39, 0.29) is 5.78 Å². The van der Waals surface area contributed by atoms with Gasteiger partial charge in [0, 0.05) is 16.8 Å². The minimum Gasteiger partial charge on any atom is -0.490 e. The minimum atomic E-state index is -0.128. The Kier molecular flexibility index (Phi) is 4.82. The number of hydrogen-bond acceptors (Lipinski definition) is 4. The number of rotatable bonds is 6. The lowest BCUT2D eigenvalue weighted by Crippen LogP contribution is -2.06. The first kappa shape index (κ1) is 14.9. The van der Waals surface area contributed by atoms with Crippen LogP contribution in [0.4, 0.5) is 5.69 Å². The number of para-hydroxylation sites is 1. The monoisotopic (exact) mass is 285 g/mol. The van der Waals surface area contributed by atoms with E-state index in [2.05, 4.69) is 0 Å². The van der Waals surface area contributed by atoms with Crippen LogP contribution in [0, 0.1) is 0 Å². The Balaban J connectivity index is 2.38. The number of ether oxygens (including phenoxy) is 2. The SMILES string of the molecule is CCOc1ccc(C(=O)c2ccccc2N)cc1OCC. The Labute approximate surface area is 124 Å². The highest BCUT2D eigenvalue weighted by atomic mass is 16.5. The summed E-state index contributed by atoms with van der Waals surface area (Å²) in [6.07, 6.45) is 0. The summed E-state index contributed by atoms with van der Waals surface area (Å²) >= 11 is 0. The van der Waals surface area contributed by atoms with Crippen molar-refractivity contribution in [3.8, 4) is 11.5 Å². The Morgan fingerprint density at radius 3 is 2.33 bits per heavy atom. The molecule has 0 unspecified atom stereocenters. The van der Waals surface area contributed by atoms with Gasteiger partial charge in [0.2, 0.25) is 0 Å². The Morgan fingerprint density at radius 2 is 1.67 bits per heavy atom. The molecular formula is C17H19NO3. The van der Waals surface area contributed by atoms with E-state index in [0.717, 1.165) is 0 Å². The van der Waals surface area contributed by atoms with E-state index in [1.165, 1.54) is 0 Å². The van der Waals surface area contributed by atoms with E-state index < -0.39 is 0 Å². The second-order valence-electron chi connectivity index (χ2n) is 4.44. The van der Waals surface area contributed by atoms with Crippen molar-refractivity contribution in [2.75, 3.05) is 18.9 Å². The fraction of sp³-hybridized carbons (Fsp3) is 0.235. The molecule has 21 heavy (non-hydrogen) atoms. The first-order valence-electron chi connectivity index (χ1n) is 6.96. The van der Waals surface area contributed by atoms with Gasteiger partial charge in [0.15, 0.2) is 17.3 Å². The molecule has 0 radical (unpaired) electrons. The van der Waals surface area contributed by atoms with Gasteiger partial charge in [0.25, 0.3) is 0 Å². The highest BCUT2D eigenvalue weighted by molar-refractivity contribution is 6.12. The summed E-state index contributed by atoms with van der Waals surface area (Å²) in [6, 6.07) is 12.2. The first-order chi connectivity index (χ1) is 10.2. The van der Waals surface area contributed by atoms with Crippen LogP contribution in [0.15, 0.2) is 42.5 Å². The molecule has 0 aliphatic rings. The molecule has 0 aromatic heterocycles. The molecule has 4 nitrogen and oxygen atoms in total. The highest BCUT2D eigenvalue weighted by Crippen LogP contribution is 2.30. The van der Waals surface area contributed by atoms with Crippen LogP contribution < -0.4 is 15.2 Å². The van der Waals surface area contributed by atoms with Crippen molar-refractivity contribution in [1.29, 1.82) is 0 Å². The Hall–Kier alpha value is -2.49. The molecule has 110 valence electrons. The Bertz CT molecular complexity index is 638.